The monoisotopic (exact) mass is 392 g/mol. The molecule has 1 rings (SSSR count). The number of carbonyl (C=O) groups excluding carboxylic acids is 2. The average Bonchev–Trinajstić information content (AvgIpc) is 2.74. The van der Waals surface area contributed by atoms with E-state index in [1.807, 2.05) is 26.8 Å². The van der Waals surface area contributed by atoms with Crippen molar-refractivity contribution < 1.29 is 24.2 Å². The first kappa shape index (κ1) is 24.3. The van der Waals surface area contributed by atoms with E-state index in [0.717, 1.165) is 23.1 Å². The molecule has 0 bridgehead atoms. The van der Waals surface area contributed by atoms with E-state index in [0.29, 0.717) is 12.8 Å². The van der Waals surface area contributed by atoms with Crippen molar-refractivity contribution in [2.24, 2.45) is 11.3 Å². The SMILES string of the molecule is C=C(/C=C(\C)[C@@H](O)CC)C[C@H](C)/C=C(\C)C[C@@]1(COC)OC(=O)C(C)(C)C1=O. The van der Waals surface area contributed by atoms with Gasteiger partial charge in [0.15, 0.2) is 11.4 Å². The van der Waals surface area contributed by atoms with Crippen LogP contribution in [0.4, 0.5) is 0 Å². The maximum Gasteiger partial charge on any atom is 0.320 e. The fraction of sp³-hybridized carbons (Fsp3) is 0.652. The quantitative estimate of drug-likeness (QED) is 0.262. The van der Waals surface area contributed by atoms with Crippen LogP contribution in [0.25, 0.3) is 0 Å². The van der Waals surface area contributed by atoms with Crippen LogP contribution in [0.3, 0.4) is 0 Å². The normalized spacial score (nSPS) is 24.9. The molecule has 1 aliphatic rings. The van der Waals surface area contributed by atoms with E-state index in [4.69, 9.17) is 9.47 Å². The van der Waals surface area contributed by atoms with Crippen LogP contribution >= 0.6 is 0 Å². The second kappa shape index (κ2) is 9.66. The van der Waals surface area contributed by atoms with Gasteiger partial charge in [-0.15, -0.1) is 0 Å². The Bertz CT molecular complexity index is 670. The van der Waals surface area contributed by atoms with E-state index in [9.17, 15) is 14.7 Å². The van der Waals surface area contributed by atoms with Crippen LogP contribution in [-0.4, -0.2) is 42.3 Å². The second-order valence-corrected chi connectivity index (χ2v) is 8.61. The summed E-state index contributed by atoms with van der Waals surface area (Å²) in [6.07, 6.45) is 5.30. The molecule has 5 heteroatoms. The van der Waals surface area contributed by atoms with Crippen molar-refractivity contribution in [1.82, 2.24) is 0 Å². The van der Waals surface area contributed by atoms with Gasteiger partial charge in [-0.25, -0.2) is 0 Å². The smallest absolute Gasteiger partial charge is 0.320 e. The van der Waals surface area contributed by atoms with Crippen LogP contribution in [0.2, 0.25) is 0 Å². The number of ether oxygens (including phenoxy) is 2. The van der Waals surface area contributed by atoms with Gasteiger partial charge in [0.1, 0.15) is 5.41 Å². The van der Waals surface area contributed by atoms with Crippen molar-refractivity contribution >= 4 is 11.8 Å². The van der Waals surface area contributed by atoms with E-state index in [-0.39, 0.29) is 18.3 Å². The van der Waals surface area contributed by atoms with Gasteiger partial charge in [-0.05, 0) is 52.0 Å². The molecule has 0 aliphatic carbocycles. The van der Waals surface area contributed by atoms with Crippen LogP contribution in [-0.2, 0) is 19.1 Å². The summed E-state index contributed by atoms with van der Waals surface area (Å²) in [7, 11) is 1.50. The summed E-state index contributed by atoms with van der Waals surface area (Å²) in [6, 6.07) is 0. The number of rotatable bonds is 10. The molecule has 0 saturated carbocycles. The Hall–Kier alpha value is -1.72. The van der Waals surface area contributed by atoms with Gasteiger partial charge in [-0.3, -0.25) is 9.59 Å². The van der Waals surface area contributed by atoms with Gasteiger partial charge in [0.25, 0.3) is 0 Å². The maximum atomic E-state index is 12.9. The largest absolute Gasteiger partial charge is 0.447 e. The fourth-order valence-corrected chi connectivity index (χ4v) is 3.78. The molecular formula is C23H36O5. The maximum absolute atomic E-state index is 12.9. The Morgan fingerprint density at radius 3 is 2.39 bits per heavy atom. The van der Waals surface area contributed by atoms with Gasteiger partial charge in [-0.2, -0.15) is 0 Å². The number of cyclic esters (lactones) is 1. The molecule has 0 spiro atoms. The van der Waals surface area contributed by atoms with Crippen LogP contribution in [0.15, 0.2) is 35.5 Å². The predicted molar refractivity (Wildman–Crippen MR) is 111 cm³/mol. The molecule has 1 N–H and O–H groups in total. The number of esters is 1. The second-order valence-electron chi connectivity index (χ2n) is 8.61. The number of methoxy groups -OCH3 is 1. The zero-order valence-electron chi connectivity index (χ0n) is 18.4. The van der Waals surface area contributed by atoms with Crippen molar-refractivity contribution in [3.63, 3.8) is 0 Å². The molecule has 0 aromatic heterocycles. The summed E-state index contributed by atoms with van der Waals surface area (Å²) < 4.78 is 10.7. The first-order valence-corrected chi connectivity index (χ1v) is 9.88. The molecule has 28 heavy (non-hydrogen) atoms. The van der Waals surface area contributed by atoms with Crippen LogP contribution in [0.5, 0.6) is 0 Å². The number of aliphatic hydroxyl groups is 1. The molecule has 1 fully saturated rings. The molecule has 0 radical (unpaired) electrons. The number of Topliss-reactive ketones (excluding diaryl/α,β-unsaturated/α-hetero) is 1. The van der Waals surface area contributed by atoms with E-state index in [1.54, 1.807) is 13.8 Å². The Labute approximate surface area is 169 Å². The zero-order valence-corrected chi connectivity index (χ0v) is 18.4. The molecule has 1 aliphatic heterocycles. The molecule has 0 aromatic rings. The molecule has 0 aromatic carbocycles. The molecule has 3 atom stereocenters. The lowest BCUT2D eigenvalue weighted by molar-refractivity contribution is -0.158. The van der Waals surface area contributed by atoms with Crippen LogP contribution < -0.4 is 0 Å². The fourth-order valence-electron chi connectivity index (χ4n) is 3.78. The Morgan fingerprint density at radius 2 is 1.93 bits per heavy atom. The van der Waals surface area contributed by atoms with E-state index in [1.165, 1.54) is 7.11 Å². The molecule has 0 unspecified atom stereocenters. The minimum absolute atomic E-state index is 0.0457. The lowest BCUT2D eigenvalue weighted by Crippen LogP contribution is -2.44. The number of hydrogen-bond donors (Lipinski definition) is 1. The highest BCUT2D eigenvalue weighted by molar-refractivity contribution is 6.12. The van der Waals surface area contributed by atoms with Gasteiger partial charge < -0.3 is 14.6 Å². The molecule has 1 saturated heterocycles. The lowest BCUT2D eigenvalue weighted by atomic mass is 9.79. The highest BCUT2D eigenvalue weighted by Gasteiger charge is 2.60. The Morgan fingerprint density at radius 1 is 1.32 bits per heavy atom. The van der Waals surface area contributed by atoms with Crippen LogP contribution in [0, 0.1) is 11.3 Å². The molecular weight excluding hydrogens is 356 g/mol. The zero-order chi connectivity index (χ0) is 21.7. The number of ketones is 1. The Balaban J connectivity index is 2.88. The number of allylic oxidation sites excluding steroid dienone is 3. The number of aliphatic hydroxyl groups excluding tert-OH is 1. The van der Waals surface area contributed by atoms with Crippen molar-refractivity contribution in [1.29, 1.82) is 0 Å². The third kappa shape index (κ3) is 5.65. The molecule has 1 heterocycles. The summed E-state index contributed by atoms with van der Waals surface area (Å²) >= 11 is 0. The first-order valence-electron chi connectivity index (χ1n) is 9.88. The summed E-state index contributed by atoms with van der Waals surface area (Å²) in [4.78, 5) is 25.0. The predicted octanol–water partition coefficient (Wildman–Crippen LogP) is 4.16. The van der Waals surface area contributed by atoms with Gasteiger partial charge >= 0.3 is 5.97 Å². The third-order valence-electron chi connectivity index (χ3n) is 5.22. The summed E-state index contributed by atoms with van der Waals surface area (Å²) in [5.74, 6) is -0.544. The van der Waals surface area contributed by atoms with E-state index >= 15 is 0 Å². The van der Waals surface area contributed by atoms with E-state index in [2.05, 4.69) is 19.6 Å². The van der Waals surface area contributed by atoms with Crippen molar-refractivity contribution in [3.05, 3.63) is 35.5 Å². The van der Waals surface area contributed by atoms with E-state index < -0.39 is 23.1 Å². The lowest BCUT2D eigenvalue weighted by Gasteiger charge is -2.26. The topological polar surface area (TPSA) is 72.8 Å². The van der Waals surface area contributed by atoms with Crippen molar-refractivity contribution in [3.8, 4) is 0 Å². The van der Waals surface area contributed by atoms with Crippen molar-refractivity contribution in [2.75, 3.05) is 13.7 Å². The third-order valence-corrected chi connectivity index (χ3v) is 5.22. The highest BCUT2D eigenvalue weighted by Crippen LogP contribution is 2.40. The summed E-state index contributed by atoms with van der Waals surface area (Å²) in [5, 5.41) is 9.88. The highest BCUT2D eigenvalue weighted by atomic mass is 16.6. The van der Waals surface area contributed by atoms with Crippen molar-refractivity contribution in [2.45, 2.75) is 72.5 Å². The van der Waals surface area contributed by atoms with Crippen LogP contribution in [0.1, 0.15) is 60.8 Å². The minimum Gasteiger partial charge on any atom is -0.447 e. The first-order chi connectivity index (χ1) is 12.9. The minimum atomic E-state index is -1.26. The van der Waals surface area contributed by atoms with Gasteiger partial charge in [0.2, 0.25) is 0 Å². The summed E-state index contributed by atoms with van der Waals surface area (Å²) in [6.45, 7) is 15.2. The van der Waals surface area contributed by atoms with Gasteiger partial charge in [0.05, 0.1) is 12.7 Å². The average molecular weight is 393 g/mol. The Kier molecular flexibility index (Phi) is 8.39. The number of carbonyl (C=O) groups is 2. The molecule has 5 nitrogen and oxygen atoms in total. The molecule has 158 valence electrons. The van der Waals surface area contributed by atoms with Gasteiger partial charge in [0, 0.05) is 13.5 Å². The standard InChI is InChI=1S/C23H36O5/c1-9-19(24)18(5)12-16(3)10-15(2)11-17(4)13-23(14-27-8)20(25)22(6,7)21(26)28-23/h11-12,15,19,24H,3,9-10,13-14H2,1-2,4-8H3/b17-11+,18-12+/t15-,19-,23-/m0/s1. The summed E-state index contributed by atoms with van der Waals surface area (Å²) in [5.41, 5.74) is 0.406. The number of hydrogen-bond acceptors (Lipinski definition) is 5. The molecule has 0 amide bonds. The van der Waals surface area contributed by atoms with Gasteiger partial charge in [-0.1, -0.05) is 43.7 Å².